The lowest BCUT2D eigenvalue weighted by atomic mass is 10.2. The highest BCUT2D eigenvalue weighted by atomic mass is 16.2. The van der Waals surface area contributed by atoms with Crippen LogP contribution in [0.2, 0.25) is 0 Å². The van der Waals surface area contributed by atoms with Crippen molar-refractivity contribution in [1.29, 1.82) is 5.41 Å². The number of hydrogen-bond acceptors (Lipinski definition) is 11. The zero-order valence-corrected chi connectivity index (χ0v) is 19.8. The highest BCUT2D eigenvalue weighted by Crippen LogP contribution is 2.11. The van der Waals surface area contributed by atoms with Crippen LogP contribution < -0.4 is 39.3 Å². The molecule has 3 rings (SSSR count). The number of H-pyrrole nitrogens is 1. The third-order valence-corrected chi connectivity index (χ3v) is 3.99. The fourth-order valence-corrected chi connectivity index (χ4v) is 2.55. The molecular weight excluding hydrogens is 454 g/mol. The van der Waals surface area contributed by atoms with E-state index in [-0.39, 0.29) is 29.4 Å². The van der Waals surface area contributed by atoms with Crippen LogP contribution in [0.1, 0.15) is 42.7 Å². The molecule has 0 aliphatic carbocycles. The molecule has 0 fully saturated rings. The molecule has 14 nitrogen and oxygen atoms in total. The van der Waals surface area contributed by atoms with Gasteiger partial charge in [-0.1, -0.05) is 13.8 Å². The molecule has 0 aliphatic rings. The Balaban J connectivity index is 0.00000179. The Labute approximate surface area is 202 Å². The summed E-state index contributed by atoms with van der Waals surface area (Å²) < 4.78 is 0. The smallest absolute Gasteiger partial charge is 0.280 e. The zero-order chi connectivity index (χ0) is 26.8. The van der Waals surface area contributed by atoms with Crippen molar-refractivity contribution in [3.8, 4) is 0 Å². The number of nitrogens with zero attached hydrogens (tertiary/aromatic N) is 3. The number of aromatic amines is 1. The van der Waals surface area contributed by atoms with Gasteiger partial charge >= 0.3 is 0 Å². The average Bonchev–Trinajstić information content (AvgIpc) is 2.89. The van der Waals surface area contributed by atoms with Crippen LogP contribution in [0.4, 0.5) is 11.6 Å². The quantitative estimate of drug-likeness (QED) is 0.0913. The molecule has 14 heteroatoms. The number of hydrazine groups is 1. The van der Waals surface area contributed by atoms with Gasteiger partial charge in [-0.2, -0.15) is 4.98 Å². The molecule has 0 spiro atoms. The summed E-state index contributed by atoms with van der Waals surface area (Å²) in [6.07, 6.45) is 2.24. The molecule has 2 aromatic heterocycles. The first kappa shape index (κ1) is 30.6. The van der Waals surface area contributed by atoms with E-state index in [1.54, 1.807) is 24.3 Å². The molecule has 0 aliphatic heterocycles. The van der Waals surface area contributed by atoms with Gasteiger partial charge in [-0.05, 0) is 37.4 Å². The topological polar surface area (TPSA) is 258 Å². The number of fused-ring (bicyclic) bond motifs is 1. The summed E-state index contributed by atoms with van der Waals surface area (Å²) in [4.78, 5) is 49.3. The van der Waals surface area contributed by atoms with Crippen LogP contribution >= 0.6 is 0 Å². The van der Waals surface area contributed by atoms with E-state index in [9.17, 15) is 14.4 Å². The van der Waals surface area contributed by atoms with Crippen LogP contribution in [-0.4, -0.2) is 45.0 Å². The summed E-state index contributed by atoms with van der Waals surface area (Å²) in [5.74, 6) is 7.36. The van der Waals surface area contributed by atoms with Gasteiger partial charge < -0.3 is 27.5 Å². The molecule has 190 valence electrons. The number of amides is 2. The number of carbonyl (C=O) groups excluding carboxylic acids is 2. The van der Waals surface area contributed by atoms with E-state index in [2.05, 4.69) is 49.0 Å². The number of carbonyl (C=O) groups is 2. The number of benzene rings is 1. The first-order chi connectivity index (χ1) is 16.9. The first-order valence-corrected chi connectivity index (χ1v) is 10.5. The monoisotopic (exact) mass is 487 g/mol. The lowest BCUT2D eigenvalue weighted by Gasteiger charge is -2.08. The van der Waals surface area contributed by atoms with Gasteiger partial charge in [0.2, 0.25) is 11.9 Å². The lowest BCUT2D eigenvalue weighted by molar-refractivity contribution is -0.118. The van der Waals surface area contributed by atoms with Crippen molar-refractivity contribution in [2.45, 2.75) is 33.2 Å². The lowest BCUT2D eigenvalue weighted by Crippen LogP contribution is -2.25. The summed E-state index contributed by atoms with van der Waals surface area (Å²) in [6, 6.07) is 6.86. The Kier molecular flexibility index (Phi) is 14.9. The van der Waals surface area contributed by atoms with Gasteiger partial charge in [-0.15, -0.1) is 0 Å². The molecule has 0 atom stereocenters. The minimum Gasteiger partial charge on any atom is -0.379 e. The minimum atomic E-state index is -0.451. The minimum absolute atomic E-state index is 0.0142. The third-order valence-electron chi connectivity index (χ3n) is 3.99. The summed E-state index contributed by atoms with van der Waals surface area (Å²) in [5, 5.41) is 11.4. The predicted octanol–water partition coefficient (Wildman–Crippen LogP) is 0.0135. The molecule has 0 bridgehead atoms. The Hall–Kier alpha value is -4.43. The maximum atomic E-state index is 12.0. The zero-order valence-electron chi connectivity index (χ0n) is 19.8. The number of nitrogens with one attached hydrogen (secondary N) is 4. The average molecular weight is 488 g/mol. The number of hydrogen-bond donors (Lipinski definition) is 8. The molecule has 2 amide bonds. The first-order valence-electron chi connectivity index (χ1n) is 10.5. The Morgan fingerprint density at radius 2 is 1.74 bits per heavy atom. The summed E-state index contributed by atoms with van der Waals surface area (Å²) in [7, 11) is 0. The van der Waals surface area contributed by atoms with Crippen molar-refractivity contribution < 1.29 is 9.59 Å². The number of nitrogens with two attached hydrogens (primary N) is 4. The molecule has 35 heavy (non-hydrogen) atoms. The third kappa shape index (κ3) is 10.4. The maximum Gasteiger partial charge on any atom is 0.280 e. The van der Waals surface area contributed by atoms with Gasteiger partial charge in [-0.3, -0.25) is 31.1 Å². The van der Waals surface area contributed by atoms with Gasteiger partial charge in [0.05, 0.1) is 18.4 Å². The Morgan fingerprint density at radius 1 is 1.11 bits per heavy atom. The molecule has 1 aromatic carbocycles. The highest BCUT2D eigenvalue weighted by molar-refractivity contribution is 5.94. The van der Waals surface area contributed by atoms with E-state index < -0.39 is 11.5 Å². The van der Waals surface area contributed by atoms with Crippen molar-refractivity contribution in [2.24, 2.45) is 17.4 Å². The summed E-state index contributed by atoms with van der Waals surface area (Å²) >= 11 is 0. The molecular formula is C21H33N11O3. The van der Waals surface area contributed by atoms with Gasteiger partial charge in [0.1, 0.15) is 0 Å². The van der Waals surface area contributed by atoms with Crippen molar-refractivity contribution in [1.82, 2.24) is 25.3 Å². The second-order valence-corrected chi connectivity index (χ2v) is 6.24. The molecule has 2 heterocycles. The van der Waals surface area contributed by atoms with E-state index in [1.165, 1.54) is 6.20 Å². The van der Waals surface area contributed by atoms with Crippen molar-refractivity contribution in [3.63, 3.8) is 0 Å². The molecule has 3 aromatic rings. The van der Waals surface area contributed by atoms with E-state index in [0.717, 1.165) is 5.69 Å². The van der Waals surface area contributed by atoms with Gasteiger partial charge in [0, 0.05) is 24.2 Å². The van der Waals surface area contributed by atoms with Crippen LogP contribution in [-0.2, 0) is 11.3 Å². The second kappa shape index (κ2) is 17.1. The van der Waals surface area contributed by atoms with E-state index in [1.807, 2.05) is 13.8 Å². The van der Waals surface area contributed by atoms with Crippen LogP contribution in [0.5, 0.6) is 0 Å². The number of anilines is 2. The van der Waals surface area contributed by atoms with Gasteiger partial charge in [0.15, 0.2) is 11.2 Å². The largest absolute Gasteiger partial charge is 0.379 e. The van der Waals surface area contributed by atoms with Crippen LogP contribution in [0, 0.1) is 5.41 Å². The molecule has 0 saturated heterocycles. The van der Waals surface area contributed by atoms with Crippen molar-refractivity contribution in [3.05, 3.63) is 52.1 Å². The van der Waals surface area contributed by atoms with Crippen LogP contribution in [0.25, 0.3) is 11.2 Å². The Morgan fingerprint density at radius 3 is 2.34 bits per heavy atom. The number of primary amides is 1. The van der Waals surface area contributed by atoms with Crippen molar-refractivity contribution in [2.75, 3.05) is 17.6 Å². The van der Waals surface area contributed by atoms with E-state index in [0.29, 0.717) is 30.8 Å². The highest BCUT2D eigenvalue weighted by Gasteiger charge is 2.08. The fourth-order valence-electron chi connectivity index (χ4n) is 2.55. The summed E-state index contributed by atoms with van der Waals surface area (Å²) in [6.45, 7) is 7.20. The summed E-state index contributed by atoms with van der Waals surface area (Å²) in [5.41, 5.74) is 12.2. The van der Waals surface area contributed by atoms with Crippen LogP contribution in [0.15, 0.2) is 35.3 Å². The maximum absolute atomic E-state index is 12.0. The van der Waals surface area contributed by atoms with Gasteiger partial charge in [0.25, 0.3) is 11.5 Å². The van der Waals surface area contributed by atoms with E-state index in [4.69, 9.17) is 16.9 Å². The molecule has 0 unspecified atom stereocenters. The SMILES string of the molecule is C=N.CC.NC(=O)CCCNC(=O)c1ccc(NCc2cnc3nc(N)[nH]c(=O)c3n2)cc1.NN. The fraction of sp³-hybridized carbons (Fsp3) is 0.286. The molecule has 0 saturated carbocycles. The number of nitrogen functional groups attached to an aromatic ring is 1. The van der Waals surface area contributed by atoms with Gasteiger partial charge in [-0.25, -0.2) is 9.97 Å². The number of aromatic nitrogens is 4. The predicted molar refractivity (Wildman–Crippen MR) is 136 cm³/mol. The standard InChI is InChI=1S/C18H20N8O3.C2H6.CH3N.H4N2/c19-13(27)2-1-7-21-16(28)10-3-5-11(6-4-10)22-8-12-9-23-15-14(24-12)17(29)26-18(20)25-15;3*1-2/h3-6,9,22H,1-2,7-8H2,(H2,19,27)(H,21,28)(H3,20,23,25,26,29);1-2H3;2H,1H2;1-2H2. The molecule has 12 N–H and O–H groups in total. The molecule has 0 radical (unpaired) electrons. The Bertz CT molecular complexity index is 1120. The second-order valence-electron chi connectivity index (χ2n) is 6.24. The number of rotatable bonds is 8. The van der Waals surface area contributed by atoms with E-state index >= 15 is 0 Å². The normalized spacial score (nSPS) is 9.26. The van der Waals surface area contributed by atoms with Crippen LogP contribution in [0.3, 0.4) is 0 Å². The van der Waals surface area contributed by atoms with Crippen molar-refractivity contribution >= 4 is 41.3 Å².